The minimum absolute atomic E-state index is 0.0277. The molecule has 4 heterocycles. The smallest absolute Gasteiger partial charge is 0.296 e. The van der Waals surface area contributed by atoms with Gasteiger partial charge in [0.1, 0.15) is 24.1 Å². The topological polar surface area (TPSA) is 85.5 Å². The van der Waals surface area contributed by atoms with E-state index >= 15 is 0 Å². The van der Waals surface area contributed by atoms with E-state index in [1.807, 2.05) is 0 Å². The van der Waals surface area contributed by atoms with Gasteiger partial charge in [-0.3, -0.25) is 19.5 Å². The molecular weight excluding hydrogens is 365 g/mol. The van der Waals surface area contributed by atoms with Crippen LogP contribution in [0.5, 0.6) is 0 Å². The second-order valence-corrected chi connectivity index (χ2v) is 7.41. The van der Waals surface area contributed by atoms with Crippen molar-refractivity contribution < 1.29 is 23.2 Å². The summed E-state index contributed by atoms with van der Waals surface area (Å²) in [6.07, 6.45) is 0.966. The first-order valence-electron chi connectivity index (χ1n) is 9.31. The van der Waals surface area contributed by atoms with Crippen LogP contribution in [0.1, 0.15) is 36.8 Å². The Kier molecular flexibility index (Phi) is 3.82. The molecule has 0 bridgehead atoms. The monoisotopic (exact) mass is 383 g/mol. The molecule has 0 radical (unpaired) electrons. The fraction of sp³-hybridized carbons (Fsp3) is 0.400. The molecule has 144 valence electrons. The Morgan fingerprint density at radius 3 is 2.82 bits per heavy atom. The molecule has 7 nitrogen and oxygen atoms in total. The van der Waals surface area contributed by atoms with Gasteiger partial charge in [-0.05, 0) is 38.3 Å². The molecule has 3 aliphatic rings. The van der Waals surface area contributed by atoms with Gasteiger partial charge in [-0.2, -0.15) is 0 Å². The maximum absolute atomic E-state index is 14.0. The number of hydrogen-bond donors (Lipinski definition) is 0. The van der Waals surface area contributed by atoms with Crippen LogP contribution in [0.3, 0.4) is 0 Å². The number of fused-ring (bicyclic) bond motifs is 1. The summed E-state index contributed by atoms with van der Waals surface area (Å²) < 4.78 is 25.1. The van der Waals surface area contributed by atoms with E-state index in [9.17, 15) is 14.0 Å². The van der Waals surface area contributed by atoms with Crippen molar-refractivity contribution in [1.29, 1.82) is 0 Å². The maximum Gasteiger partial charge on any atom is 0.296 e. The molecule has 8 heteroatoms. The first-order chi connectivity index (χ1) is 13.5. The van der Waals surface area contributed by atoms with Gasteiger partial charge in [-0.25, -0.2) is 4.39 Å². The number of halogens is 1. The van der Waals surface area contributed by atoms with Crippen LogP contribution in [0.25, 0.3) is 0 Å². The van der Waals surface area contributed by atoms with Gasteiger partial charge < -0.3 is 9.26 Å². The quantitative estimate of drug-likeness (QED) is 0.793. The number of hydrogen-bond acceptors (Lipinski definition) is 6. The van der Waals surface area contributed by atoms with Crippen LogP contribution in [0, 0.1) is 12.8 Å². The van der Waals surface area contributed by atoms with Crippen LogP contribution in [0.15, 0.2) is 46.3 Å². The van der Waals surface area contributed by atoms with Gasteiger partial charge in [-0.1, -0.05) is 11.2 Å². The zero-order valence-corrected chi connectivity index (χ0v) is 15.2. The van der Waals surface area contributed by atoms with Gasteiger partial charge in [0.05, 0.1) is 17.2 Å². The minimum Gasteiger partial charge on any atom is -0.483 e. The average Bonchev–Trinajstić information content (AvgIpc) is 3.24. The Balaban J connectivity index is 1.64. The lowest BCUT2D eigenvalue weighted by atomic mass is 9.77. The van der Waals surface area contributed by atoms with E-state index < -0.39 is 30.1 Å². The third kappa shape index (κ3) is 2.47. The number of pyridine rings is 1. The highest BCUT2D eigenvalue weighted by Crippen LogP contribution is 2.47. The molecule has 1 aliphatic carbocycles. The fourth-order valence-electron chi connectivity index (χ4n) is 4.34. The molecule has 4 atom stereocenters. The summed E-state index contributed by atoms with van der Waals surface area (Å²) in [6.45, 7) is 1.72. The standard InChI is InChI=1S/C20H18FN3O4/c1-10-8-15(23-28-10)24-17(13-4-2-3-7-22-13)16-18(25)12-9-11(21)5-6-14(12)27-19(16)20(24)26/h2-4,7-8,11-12,14,17H,5-6,9H2,1H3. The summed E-state index contributed by atoms with van der Waals surface area (Å²) in [4.78, 5) is 32.3. The molecule has 2 aromatic heterocycles. The van der Waals surface area contributed by atoms with Crippen molar-refractivity contribution in [2.24, 2.45) is 5.92 Å². The van der Waals surface area contributed by atoms with E-state index in [0.717, 1.165) is 0 Å². The van der Waals surface area contributed by atoms with Gasteiger partial charge in [-0.15, -0.1) is 0 Å². The summed E-state index contributed by atoms with van der Waals surface area (Å²) in [7, 11) is 0. The lowest BCUT2D eigenvalue weighted by molar-refractivity contribution is -0.133. The summed E-state index contributed by atoms with van der Waals surface area (Å²) in [5, 5.41) is 3.96. The highest BCUT2D eigenvalue weighted by Gasteiger charge is 2.54. The largest absolute Gasteiger partial charge is 0.483 e. The van der Waals surface area contributed by atoms with E-state index in [4.69, 9.17) is 9.26 Å². The van der Waals surface area contributed by atoms with Crippen LogP contribution in [0.4, 0.5) is 10.2 Å². The van der Waals surface area contributed by atoms with Crippen molar-refractivity contribution in [3.63, 3.8) is 0 Å². The van der Waals surface area contributed by atoms with Gasteiger partial charge in [0, 0.05) is 12.3 Å². The number of rotatable bonds is 2. The predicted octanol–water partition coefficient (Wildman–Crippen LogP) is 2.83. The van der Waals surface area contributed by atoms with E-state index in [1.165, 1.54) is 4.90 Å². The van der Waals surface area contributed by atoms with Crippen molar-refractivity contribution >= 4 is 17.5 Å². The Hall–Kier alpha value is -3.03. The molecule has 0 N–H and O–H groups in total. The number of carbonyl (C=O) groups excluding carboxylic acids is 2. The summed E-state index contributed by atoms with van der Waals surface area (Å²) >= 11 is 0. The number of aromatic nitrogens is 2. The third-order valence-electron chi connectivity index (χ3n) is 5.61. The molecule has 2 aliphatic heterocycles. The number of anilines is 1. The first-order valence-corrected chi connectivity index (χ1v) is 9.31. The van der Waals surface area contributed by atoms with Crippen LogP contribution >= 0.6 is 0 Å². The maximum atomic E-state index is 14.0. The van der Waals surface area contributed by atoms with E-state index in [-0.39, 0.29) is 29.4 Å². The van der Waals surface area contributed by atoms with Gasteiger partial charge >= 0.3 is 0 Å². The molecule has 1 fully saturated rings. The normalized spacial score (nSPS) is 29.6. The number of amides is 1. The number of ether oxygens (including phenoxy) is 1. The van der Waals surface area contributed by atoms with Crippen molar-refractivity contribution in [1.82, 2.24) is 10.1 Å². The van der Waals surface area contributed by atoms with Crippen LogP contribution in [-0.4, -0.2) is 34.1 Å². The van der Waals surface area contributed by atoms with Crippen LogP contribution in [0.2, 0.25) is 0 Å². The van der Waals surface area contributed by atoms with E-state index in [0.29, 0.717) is 24.3 Å². The molecule has 4 unspecified atom stereocenters. The Morgan fingerprint density at radius 2 is 2.11 bits per heavy atom. The fourth-order valence-corrected chi connectivity index (χ4v) is 4.34. The molecule has 0 saturated heterocycles. The molecule has 28 heavy (non-hydrogen) atoms. The van der Waals surface area contributed by atoms with Crippen molar-refractivity contribution in [2.75, 3.05) is 4.90 Å². The molecule has 5 rings (SSSR count). The highest BCUT2D eigenvalue weighted by atomic mass is 19.1. The summed E-state index contributed by atoms with van der Waals surface area (Å²) in [5.41, 5.74) is 0.754. The number of alkyl halides is 1. The predicted molar refractivity (Wildman–Crippen MR) is 94.8 cm³/mol. The van der Waals surface area contributed by atoms with Crippen molar-refractivity contribution in [3.8, 4) is 0 Å². The molecule has 0 spiro atoms. The number of Topliss-reactive ketones (excluding diaryl/α,β-unsaturated/α-hetero) is 1. The third-order valence-corrected chi connectivity index (χ3v) is 5.61. The first kappa shape index (κ1) is 17.1. The van der Waals surface area contributed by atoms with E-state index in [1.54, 1.807) is 37.4 Å². The molecule has 0 aromatic carbocycles. The van der Waals surface area contributed by atoms with Crippen molar-refractivity contribution in [3.05, 3.63) is 53.2 Å². The number of nitrogens with zero attached hydrogens (tertiary/aromatic N) is 3. The van der Waals surface area contributed by atoms with Gasteiger partial charge in [0.25, 0.3) is 5.91 Å². The number of aryl methyl sites for hydroxylation is 1. The Bertz CT molecular complexity index is 986. The second-order valence-electron chi connectivity index (χ2n) is 7.41. The average molecular weight is 383 g/mol. The lowest BCUT2D eigenvalue weighted by Gasteiger charge is -2.36. The SMILES string of the molecule is Cc1cc(N2C(=O)C3=C(C(=O)C4CC(F)CCC4O3)C2c2ccccn2)no1. The molecule has 1 saturated carbocycles. The minimum atomic E-state index is -1.03. The zero-order valence-electron chi connectivity index (χ0n) is 15.2. The summed E-state index contributed by atoms with van der Waals surface area (Å²) in [5.74, 6) is -0.419. The van der Waals surface area contributed by atoms with Crippen LogP contribution < -0.4 is 4.90 Å². The van der Waals surface area contributed by atoms with Gasteiger partial charge in [0.15, 0.2) is 17.4 Å². The van der Waals surface area contributed by atoms with Crippen molar-refractivity contribution in [2.45, 2.75) is 44.5 Å². The summed E-state index contributed by atoms with van der Waals surface area (Å²) in [6, 6.07) is 6.13. The highest BCUT2D eigenvalue weighted by molar-refractivity contribution is 6.17. The lowest BCUT2D eigenvalue weighted by Crippen LogP contribution is -2.42. The van der Waals surface area contributed by atoms with E-state index in [2.05, 4.69) is 10.1 Å². The Labute approximate surface area is 160 Å². The molecule has 1 amide bonds. The number of carbonyl (C=O) groups is 2. The molecular formula is C20H18FN3O4. The molecule has 2 aromatic rings. The Morgan fingerprint density at radius 1 is 1.25 bits per heavy atom. The number of ketones is 1. The second kappa shape index (κ2) is 6.25. The van der Waals surface area contributed by atoms with Crippen LogP contribution in [-0.2, 0) is 14.3 Å². The van der Waals surface area contributed by atoms with Gasteiger partial charge in [0.2, 0.25) is 0 Å². The zero-order chi connectivity index (χ0) is 19.4.